The van der Waals surface area contributed by atoms with Gasteiger partial charge in [-0.25, -0.2) is 9.78 Å². The maximum absolute atomic E-state index is 13.3. The molecule has 0 unspecified atom stereocenters. The van der Waals surface area contributed by atoms with Gasteiger partial charge in [-0.2, -0.15) is 0 Å². The highest BCUT2D eigenvalue weighted by molar-refractivity contribution is 6.06. The zero-order valence-electron chi connectivity index (χ0n) is 15.3. The third-order valence-electron chi connectivity index (χ3n) is 4.50. The Balaban J connectivity index is 1.77. The Hall–Kier alpha value is -3.73. The van der Waals surface area contributed by atoms with E-state index in [0.717, 1.165) is 11.1 Å². The number of hydrogen-bond donors (Lipinski definition) is 0. The number of pyridine rings is 1. The molecule has 5 heteroatoms. The summed E-state index contributed by atoms with van der Waals surface area (Å²) >= 11 is 0. The zero-order chi connectivity index (χ0) is 19.5. The van der Waals surface area contributed by atoms with Crippen LogP contribution in [0.3, 0.4) is 0 Å². The first-order chi connectivity index (χ1) is 13.6. The van der Waals surface area contributed by atoms with E-state index in [-0.39, 0.29) is 5.56 Å². The summed E-state index contributed by atoms with van der Waals surface area (Å²) in [6.45, 7) is 2.30. The van der Waals surface area contributed by atoms with E-state index in [9.17, 15) is 9.59 Å². The molecule has 5 nitrogen and oxygen atoms in total. The summed E-state index contributed by atoms with van der Waals surface area (Å²) in [5, 5.41) is 0.696. The van der Waals surface area contributed by atoms with Crippen molar-refractivity contribution in [1.29, 1.82) is 0 Å². The summed E-state index contributed by atoms with van der Waals surface area (Å²) in [7, 11) is 0. The van der Waals surface area contributed by atoms with Gasteiger partial charge in [0.25, 0.3) is 5.91 Å². The molecule has 4 rings (SSSR count). The van der Waals surface area contributed by atoms with Crippen LogP contribution in [-0.4, -0.2) is 10.9 Å². The number of anilines is 1. The molecule has 2 aromatic heterocycles. The number of para-hydroxylation sites is 1. The lowest BCUT2D eigenvalue weighted by Gasteiger charge is -2.21. The lowest BCUT2D eigenvalue weighted by atomic mass is 10.1. The fourth-order valence-corrected chi connectivity index (χ4v) is 3.00. The number of aromatic nitrogens is 1. The fraction of sp³-hybridized carbons (Fsp3) is 0.0870. The molecule has 0 spiro atoms. The van der Waals surface area contributed by atoms with Crippen LogP contribution in [0.25, 0.3) is 11.0 Å². The molecule has 0 aliphatic heterocycles. The van der Waals surface area contributed by atoms with Crippen LogP contribution >= 0.6 is 0 Å². The second-order valence-electron chi connectivity index (χ2n) is 6.55. The van der Waals surface area contributed by atoms with Crippen molar-refractivity contribution in [3.05, 3.63) is 106 Å². The molecule has 0 bridgehead atoms. The highest BCUT2D eigenvalue weighted by Crippen LogP contribution is 2.19. The van der Waals surface area contributed by atoms with E-state index in [1.807, 2.05) is 37.3 Å². The lowest BCUT2D eigenvalue weighted by Crippen LogP contribution is -2.34. The summed E-state index contributed by atoms with van der Waals surface area (Å²) in [6, 6.07) is 21.9. The quantitative estimate of drug-likeness (QED) is 0.501. The van der Waals surface area contributed by atoms with Crippen LogP contribution < -0.4 is 10.5 Å². The van der Waals surface area contributed by atoms with Crippen LogP contribution in [0.4, 0.5) is 5.82 Å². The summed E-state index contributed by atoms with van der Waals surface area (Å²) in [6.07, 6.45) is 1.62. The third-order valence-corrected chi connectivity index (χ3v) is 4.50. The number of hydrogen-bond acceptors (Lipinski definition) is 4. The van der Waals surface area contributed by atoms with E-state index in [4.69, 9.17) is 4.42 Å². The molecule has 28 heavy (non-hydrogen) atoms. The van der Waals surface area contributed by atoms with E-state index in [1.54, 1.807) is 48.7 Å². The summed E-state index contributed by atoms with van der Waals surface area (Å²) in [4.78, 5) is 31.6. The Bertz CT molecular complexity index is 1180. The first-order valence-electron chi connectivity index (χ1n) is 8.93. The molecule has 0 aliphatic rings. The number of rotatable bonds is 4. The van der Waals surface area contributed by atoms with E-state index in [1.165, 1.54) is 4.90 Å². The normalized spacial score (nSPS) is 10.8. The molecule has 0 atom stereocenters. The van der Waals surface area contributed by atoms with Crippen molar-refractivity contribution in [3.8, 4) is 0 Å². The molecule has 2 heterocycles. The summed E-state index contributed by atoms with van der Waals surface area (Å²) in [5.74, 6) is 0.0272. The molecule has 0 saturated carbocycles. The van der Waals surface area contributed by atoms with E-state index in [0.29, 0.717) is 23.3 Å². The minimum absolute atomic E-state index is 0.0172. The molecule has 0 N–H and O–H groups in total. The first kappa shape index (κ1) is 17.7. The van der Waals surface area contributed by atoms with Crippen molar-refractivity contribution in [2.45, 2.75) is 13.5 Å². The van der Waals surface area contributed by atoms with E-state index < -0.39 is 11.5 Å². The standard InChI is InChI=1S/C23H18N2O3/c1-16-9-11-17(12-10-16)15-25(21-8-4-5-13-24-21)22(26)19-14-18-6-2-3-7-20(18)28-23(19)27/h2-14H,15H2,1H3. The second-order valence-corrected chi connectivity index (χ2v) is 6.55. The summed E-state index contributed by atoms with van der Waals surface area (Å²) < 4.78 is 5.34. The topological polar surface area (TPSA) is 63.4 Å². The SMILES string of the molecule is Cc1ccc(CN(C(=O)c2cc3ccccc3oc2=O)c2ccccn2)cc1. The summed E-state index contributed by atoms with van der Waals surface area (Å²) in [5.41, 5.74) is 1.85. The van der Waals surface area contributed by atoms with E-state index >= 15 is 0 Å². The first-order valence-corrected chi connectivity index (χ1v) is 8.93. The molecule has 4 aromatic rings. The molecular weight excluding hydrogens is 352 g/mol. The molecule has 0 fully saturated rings. The largest absolute Gasteiger partial charge is 0.422 e. The van der Waals surface area contributed by atoms with Crippen molar-refractivity contribution in [2.75, 3.05) is 4.90 Å². The van der Waals surface area contributed by atoms with Crippen LogP contribution in [0, 0.1) is 6.92 Å². The maximum Gasteiger partial charge on any atom is 0.349 e. The fourth-order valence-electron chi connectivity index (χ4n) is 3.00. The molecule has 2 aromatic carbocycles. The van der Waals surface area contributed by atoms with Crippen LogP contribution in [0.1, 0.15) is 21.5 Å². The highest BCUT2D eigenvalue weighted by Gasteiger charge is 2.23. The Kier molecular flexibility index (Phi) is 4.72. The molecule has 0 aliphatic carbocycles. The Morgan fingerprint density at radius 2 is 1.75 bits per heavy atom. The van der Waals surface area contributed by atoms with Crippen LogP contribution in [-0.2, 0) is 6.54 Å². The van der Waals surface area contributed by atoms with Gasteiger partial charge in [-0.3, -0.25) is 9.69 Å². The number of aryl methyl sites for hydroxylation is 1. The minimum Gasteiger partial charge on any atom is -0.422 e. The zero-order valence-corrected chi connectivity index (χ0v) is 15.3. The van der Waals surface area contributed by atoms with Crippen molar-refractivity contribution < 1.29 is 9.21 Å². The number of benzene rings is 2. The molecule has 0 saturated heterocycles. The van der Waals surface area contributed by atoms with Gasteiger partial charge < -0.3 is 4.42 Å². The van der Waals surface area contributed by atoms with Gasteiger partial charge in [-0.15, -0.1) is 0 Å². The number of carbonyl (C=O) groups is 1. The van der Waals surface area contributed by atoms with Crippen molar-refractivity contribution in [3.63, 3.8) is 0 Å². The number of carbonyl (C=O) groups excluding carboxylic acids is 1. The number of fused-ring (bicyclic) bond motifs is 1. The van der Waals surface area contributed by atoms with Gasteiger partial charge >= 0.3 is 5.63 Å². The van der Waals surface area contributed by atoms with Gasteiger partial charge in [0.15, 0.2) is 0 Å². The van der Waals surface area contributed by atoms with Gasteiger partial charge in [0, 0.05) is 11.6 Å². The Labute approximate surface area is 161 Å². The molecule has 138 valence electrons. The smallest absolute Gasteiger partial charge is 0.349 e. The van der Waals surface area contributed by atoms with Gasteiger partial charge in [-0.05, 0) is 36.8 Å². The van der Waals surface area contributed by atoms with Crippen molar-refractivity contribution >= 4 is 22.7 Å². The van der Waals surface area contributed by atoms with Crippen LogP contribution in [0.5, 0.6) is 0 Å². The lowest BCUT2D eigenvalue weighted by molar-refractivity contribution is 0.0981. The Morgan fingerprint density at radius 1 is 1.00 bits per heavy atom. The second kappa shape index (κ2) is 7.48. The van der Waals surface area contributed by atoms with Crippen LogP contribution in [0.15, 0.2) is 88.2 Å². The molecule has 0 radical (unpaired) electrons. The van der Waals surface area contributed by atoms with Crippen molar-refractivity contribution in [2.24, 2.45) is 0 Å². The minimum atomic E-state index is -0.659. The average Bonchev–Trinajstić information content (AvgIpc) is 2.73. The average molecular weight is 370 g/mol. The highest BCUT2D eigenvalue weighted by atomic mass is 16.4. The maximum atomic E-state index is 13.3. The number of nitrogens with zero attached hydrogens (tertiary/aromatic N) is 2. The van der Waals surface area contributed by atoms with E-state index in [2.05, 4.69) is 4.98 Å². The van der Waals surface area contributed by atoms with Gasteiger partial charge in [0.05, 0.1) is 6.54 Å². The predicted octanol–water partition coefficient (Wildman–Crippen LogP) is 4.34. The Morgan fingerprint density at radius 3 is 2.50 bits per heavy atom. The molecular formula is C23H18N2O3. The van der Waals surface area contributed by atoms with Gasteiger partial charge in [0.2, 0.25) is 0 Å². The van der Waals surface area contributed by atoms with Crippen LogP contribution in [0.2, 0.25) is 0 Å². The van der Waals surface area contributed by atoms with Gasteiger partial charge in [0.1, 0.15) is 17.0 Å². The number of amides is 1. The monoisotopic (exact) mass is 370 g/mol. The van der Waals surface area contributed by atoms with Crippen molar-refractivity contribution in [1.82, 2.24) is 4.98 Å². The third kappa shape index (κ3) is 3.55. The molecule has 1 amide bonds. The van der Waals surface area contributed by atoms with Gasteiger partial charge in [-0.1, -0.05) is 54.1 Å². The predicted molar refractivity (Wildman–Crippen MR) is 108 cm³/mol.